The zero-order chi connectivity index (χ0) is 8.55. The van der Waals surface area contributed by atoms with E-state index >= 15 is 0 Å². The van der Waals surface area contributed by atoms with E-state index in [-0.39, 0.29) is 0 Å². The van der Waals surface area contributed by atoms with Crippen molar-refractivity contribution >= 4 is 5.84 Å². The minimum absolute atomic E-state index is 0.542. The van der Waals surface area contributed by atoms with Gasteiger partial charge in [-0.15, -0.1) is 0 Å². The second-order valence-electron chi connectivity index (χ2n) is 3.58. The van der Waals surface area contributed by atoms with Crippen molar-refractivity contribution in [3.05, 3.63) is 0 Å². The predicted molar refractivity (Wildman–Crippen MR) is 45.9 cm³/mol. The van der Waals surface area contributed by atoms with Gasteiger partial charge in [0.2, 0.25) is 0 Å². The minimum Gasteiger partial charge on any atom is -0.278 e. The topological polar surface area (TPSA) is 36.9 Å². The number of oxime groups is 1. The van der Waals surface area contributed by atoms with Crippen LogP contribution in [0.25, 0.3) is 0 Å². The zero-order valence-corrected chi connectivity index (χ0v) is 7.58. The van der Waals surface area contributed by atoms with Crippen LogP contribution in [0.4, 0.5) is 0 Å². The van der Waals surface area contributed by atoms with Crippen LogP contribution in [0.3, 0.4) is 0 Å². The van der Waals surface area contributed by atoms with Gasteiger partial charge in [-0.3, -0.25) is 9.95 Å². The highest BCUT2D eigenvalue weighted by atomic mass is 16.8. The second kappa shape index (κ2) is 2.94. The Hall–Kier alpha value is -0.770. The zero-order valence-electron chi connectivity index (χ0n) is 7.58. The Labute approximate surface area is 72.5 Å². The summed E-state index contributed by atoms with van der Waals surface area (Å²) in [6.45, 7) is 5.48. The van der Waals surface area contributed by atoms with Crippen LogP contribution in [0.5, 0.6) is 0 Å². The van der Waals surface area contributed by atoms with Gasteiger partial charge in [-0.05, 0) is 23.1 Å². The molecule has 2 unspecified atom stereocenters. The SMILES string of the molecule is CCCC1CN2NON=C2C1C. The summed E-state index contributed by atoms with van der Waals surface area (Å²) in [6.07, 6.45) is 2.52. The summed E-state index contributed by atoms with van der Waals surface area (Å²) < 4.78 is 0. The van der Waals surface area contributed by atoms with Crippen LogP contribution in [0.1, 0.15) is 26.7 Å². The lowest BCUT2D eigenvalue weighted by atomic mass is 9.93. The number of amidine groups is 1. The van der Waals surface area contributed by atoms with Crippen molar-refractivity contribution in [2.45, 2.75) is 26.7 Å². The normalized spacial score (nSPS) is 33.2. The molecule has 0 aromatic carbocycles. The van der Waals surface area contributed by atoms with Crippen LogP contribution < -0.4 is 5.59 Å². The minimum atomic E-state index is 0.542. The van der Waals surface area contributed by atoms with Crippen LogP contribution >= 0.6 is 0 Å². The molecular weight excluding hydrogens is 154 g/mol. The Morgan fingerprint density at radius 2 is 2.58 bits per heavy atom. The van der Waals surface area contributed by atoms with E-state index in [9.17, 15) is 0 Å². The van der Waals surface area contributed by atoms with E-state index in [4.69, 9.17) is 4.94 Å². The standard InChI is InChI=1S/C8H15N3O/c1-3-4-7-5-11-8(6(7)2)9-12-10-11/h6-7,10H,3-5H2,1-2H3. The van der Waals surface area contributed by atoms with E-state index in [1.807, 2.05) is 5.01 Å². The Kier molecular flexibility index (Phi) is 1.92. The van der Waals surface area contributed by atoms with Crippen molar-refractivity contribution in [1.29, 1.82) is 0 Å². The second-order valence-corrected chi connectivity index (χ2v) is 3.58. The average molecular weight is 169 g/mol. The van der Waals surface area contributed by atoms with E-state index in [1.54, 1.807) is 0 Å². The maximum Gasteiger partial charge on any atom is 0.167 e. The highest BCUT2D eigenvalue weighted by molar-refractivity contribution is 5.86. The fourth-order valence-electron chi connectivity index (χ4n) is 1.99. The lowest BCUT2D eigenvalue weighted by Gasteiger charge is -2.11. The van der Waals surface area contributed by atoms with Gasteiger partial charge in [-0.25, -0.2) is 0 Å². The first-order valence-corrected chi connectivity index (χ1v) is 4.60. The molecule has 2 atom stereocenters. The molecule has 2 aliphatic heterocycles. The van der Waals surface area contributed by atoms with Gasteiger partial charge < -0.3 is 0 Å². The molecular formula is C8H15N3O. The van der Waals surface area contributed by atoms with Gasteiger partial charge in [0.05, 0.1) is 0 Å². The summed E-state index contributed by atoms with van der Waals surface area (Å²) in [5.41, 5.74) is 2.77. The largest absolute Gasteiger partial charge is 0.278 e. The van der Waals surface area contributed by atoms with Crippen LogP contribution in [0, 0.1) is 11.8 Å². The molecule has 0 spiro atoms. The molecule has 2 heterocycles. The van der Waals surface area contributed by atoms with Gasteiger partial charge in [-0.2, -0.15) is 0 Å². The quantitative estimate of drug-likeness (QED) is 0.673. The molecule has 0 aromatic heterocycles. The van der Waals surface area contributed by atoms with Crippen molar-refractivity contribution in [2.24, 2.45) is 17.0 Å². The van der Waals surface area contributed by atoms with Gasteiger partial charge in [0.1, 0.15) is 0 Å². The van der Waals surface area contributed by atoms with Gasteiger partial charge >= 0.3 is 0 Å². The fraction of sp³-hybridized carbons (Fsp3) is 0.875. The monoisotopic (exact) mass is 169 g/mol. The molecule has 4 nitrogen and oxygen atoms in total. The number of fused-ring (bicyclic) bond motifs is 1. The summed E-state index contributed by atoms with van der Waals surface area (Å²) >= 11 is 0. The molecule has 0 aliphatic carbocycles. The third kappa shape index (κ3) is 1.06. The van der Waals surface area contributed by atoms with E-state index in [1.165, 1.54) is 12.8 Å². The third-order valence-corrected chi connectivity index (χ3v) is 2.76. The van der Waals surface area contributed by atoms with E-state index < -0.39 is 0 Å². The van der Waals surface area contributed by atoms with Crippen molar-refractivity contribution in [3.8, 4) is 0 Å². The fourth-order valence-corrected chi connectivity index (χ4v) is 1.99. The van der Waals surface area contributed by atoms with Gasteiger partial charge in [0, 0.05) is 12.5 Å². The lowest BCUT2D eigenvalue weighted by Crippen LogP contribution is -2.32. The van der Waals surface area contributed by atoms with Gasteiger partial charge in [-0.1, -0.05) is 20.3 Å². The number of rotatable bonds is 2. The van der Waals surface area contributed by atoms with Crippen LogP contribution in [0.2, 0.25) is 0 Å². The first-order valence-electron chi connectivity index (χ1n) is 4.60. The predicted octanol–water partition coefficient (Wildman–Crippen LogP) is 1.12. The van der Waals surface area contributed by atoms with Gasteiger partial charge in [0.15, 0.2) is 5.84 Å². The molecule has 0 bridgehead atoms. The van der Waals surface area contributed by atoms with Crippen molar-refractivity contribution in [1.82, 2.24) is 10.6 Å². The molecule has 1 fully saturated rings. The third-order valence-electron chi connectivity index (χ3n) is 2.76. The Balaban J connectivity index is 2.05. The van der Waals surface area contributed by atoms with Crippen LogP contribution in [-0.4, -0.2) is 17.4 Å². The molecule has 4 heteroatoms. The van der Waals surface area contributed by atoms with Crippen molar-refractivity contribution in [2.75, 3.05) is 6.54 Å². The average Bonchev–Trinajstić information content (AvgIpc) is 2.58. The molecule has 0 aromatic rings. The molecule has 12 heavy (non-hydrogen) atoms. The number of hydrazine groups is 1. The number of hydrogen-bond acceptors (Lipinski definition) is 4. The van der Waals surface area contributed by atoms with Gasteiger partial charge in [0.25, 0.3) is 0 Å². The maximum absolute atomic E-state index is 4.77. The highest BCUT2D eigenvalue weighted by Crippen LogP contribution is 2.29. The van der Waals surface area contributed by atoms with E-state index in [0.29, 0.717) is 5.92 Å². The smallest absolute Gasteiger partial charge is 0.167 e. The maximum atomic E-state index is 4.77. The summed E-state index contributed by atoms with van der Waals surface area (Å²) in [4.78, 5) is 4.77. The number of nitrogens with zero attached hydrogens (tertiary/aromatic N) is 2. The molecule has 1 saturated heterocycles. The highest BCUT2D eigenvalue weighted by Gasteiger charge is 2.38. The summed E-state index contributed by atoms with van der Waals surface area (Å²) in [6, 6.07) is 0. The molecule has 68 valence electrons. The molecule has 0 amide bonds. The molecule has 0 radical (unpaired) electrons. The van der Waals surface area contributed by atoms with Crippen molar-refractivity contribution in [3.63, 3.8) is 0 Å². The lowest BCUT2D eigenvalue weighted by molar-refractivity contribution is -0.0138. The summed E-state index contributed by atoms with van der Waals surface area (Å²) in [5, 5.41) is 5.95. The molecule has 2 aliphatic rings. The molecule has 2 rings (SSSR count). The Morgan fingerprint density at radius 1 is 1.75 bits per heavy atom. The molecule has 1 N–H and O–H groups in total. The number of nitrogens with one attached hydrogen (secondary N) is 1. The first-order chi connectivity index (χ1) is 5.83. The van der Waals surface area contributed by atoms with Crippen LogP contribution in [0.15, 0.2) is 5.16 Å². The Bertz CT molecular complexity index is 204. The van der Waals surface area contributed by atoms with E-state index in [2.05, 4.69) is 24.6 Å². The summed E-state index contributed by atoms with van der Waals surface area (Å²) in [7, 11) is 0. The summed E-state index contributed by atoms with van der Waals surface area (Å²) in [5.74, 6) is 2.35. The Morgan fingerprint density at radius 3 is 3.25 bits per heavy atom. The first kappa shape index (κ1) is 7.86. The number of hydrogen-bond donors (Lipinski definition) is 1. The van der Waals surface area contributed by atoms with Crippen LogP contribution in [-0.2, 0) is 4.94 Å². The van der Waals surface area contributed by atoms with Crippen molar-refractivity contribution < 1.29 is 4.94 Å². The van der Waals surface area contributed by atoms with E-state index in [0.717, 1.165) is 18.3 Å². The molecule has 0 saturated carbocycles.